The van der Waals surface area contributed by atoms with Gasteiger partial charge in [0.25, 0.3) is 5.91 Å². The number of benzene rings is 3. The second-order valence-corrected chi connectivity index (χ2v) is 8.07. The van der Waals surface area contributed by atoms with Crippen molar-refractivity contribution >= 4 is 22.6 Å². The number of fused-ring (bicyclic) bond motifs is 1. The van der Waals surface area contributed by atoms with E-state index in [1.54, 1.807) is 38.5 Å². The molecule has 4 rings (SSSR count). The van der Waals surface area contributed by atoms with Crippen molar-refractivity contribution in [3.8, 4) is 28.4 Å². The van der Waals surface area contributed by atoms with Crippen molar-refractivity contribution in [2.24, 2.45) is 0 Å². The smallest absolute Gasteiger partial charge is 0.357 e. The van der Waals surface area contributed by atoms with Crippen LogP contribution >= 0.6 is 0 Å². The molecule has 1 aromatic heterocycles. The third-order valence-corrected chi connectivity index (χ3v) is 5.62. The van der Waals surface area contributed by atoms with E-state index < -0.39 is 11.5 Å². The largest absolute Gasteiger partial charge is 0.518 e. The van der Waals surface area contributed by atoms with Crippen molar-refractivity contribution in [1.29, 1.82) is 0 Å². The topological polar surface area (TPSA) is 99.0 Å². The van der Waals surface area contributed by atoms with E-state index >= 15 is 0 Å². The maximum Gasteiger partial charge on any atom is 0.357 e. The first-order chi connectivity index (χ1) is 17.4. The summed E-state index contributed by atoms with van der Waals surface area (Å²) in [6, 6.07) is 18.9. The Morgan fingerprint density at radius 1 is 1.05 bits per heavy atom. The number of amides is 1. The zero-order chi connectivity index (χ0) is 25.7. The molecule has 0 aliphatic rings. The van der Waals surface area contributed by atoms with Crippen molar-refractivity contribution in [2.45, 2.75) is 6.92 Å². The fourth-order valence-electron chi connectivity index (χ4n) is 3.74. The number of anilines is 1. The van der Waals surface area contributed by atoms with E-state index in [-0.39, 0.29) is 44.0 Å². The molecular formula is C28H27N2O6Y-. The third-order valence-electron chi connectivity index (χ3n) is 5.62. The van der Waals surface area contributed by atoms with E-state index in [1.807, 2.05) is 44.3 Å². The normalized spacial score (nSPS) is 10.5. The van der Waals surface area contributed by atoms with E-state index in [4.69, 9.17) is 18.6 Å². The molecule has 0 atom stereocenters. The number of methoxy groups -OCH3 is 2. The van der Waals surface area contributed by atoms with Gasteiger partial charge in [-0.05, 0) is 42.9 Å². The first-order valence-corrected chi connectivity index (χ1v) is 11.4. The van der Waals surface area contributed by atoms with Gasteiger partial charge in [-0.3, -0.25) is 4.79 Å². The van der Waals surface area contributed by atoms with Crippen LogP contribution in [0.2, 0.25) is 0 Å². The summed E-state index contributed by atoms with van der Waals surface area (Å²) in [7, 11) is 4.99. The number of rotatable bonds is 9. The number of hydrogen-bond donors (Lipinski definition) is 2. The predicted molar refractivity (Wildman–Crippen MR) is 138 cm³/mol. The summed E-state index contributed by atoms with van der Waals surface area (Å²) in [5.41, 5.74) is 2.33. The van der Waals surface area contributed by atoms with E-state index in [0.29, 0.717) is 46.9 Å². The Morgan fingerprint density at radius 2 is 1.86 bits per heavy atom. The minimum absolute atomic E-state index is 0. The van der Waals surface area contributed by atoms with Crippen molar-refractivity contribution in [3.63, 3.8) is 0 Å². The number of hydrogen-bond acceptors (Lipinski definition) is 7. The van der Waals surface area contributed by atoms with Crippen molar-refractivity contribution in [2.75, 3.05) is 39.7 Å². The van der Waals surface area contributed by atoms with Crippen LogP contribution in [0, 0.1) is 13.0 Å². The van der Waals surface area contributed by atoms with Gasteiger partial charge in [0.05, 0.1) is 20.8 Å². The van der Waals surface area contributed by atoms with Crippen molar-refractivity contribution in [1.82, 2.24) is 5.32 Å². The van der Waals surface area contributed by atoms with Crippen LogP contribution in [-0.4, -0.2) is 40.3 Å². The minimum Gasteiger partial charge on any atom is -0.518 e. The van der Waals surface area contributed by atoms with Crippen LogP contribution in [0.5, 0.6) is 17.2 Å². The maximum atomic E-state index is 13.1. The van der Waals surface area contributed by atoms with Gasteiger partial charge in [0.1, 0.15) is 17.2 Å². The number of carbonyl (C=O) groups is 1. The molecule has 0 spiro atoms. The molecule has 1 radical (unpaired) electrons. The summed E-state index contributed by atoms with van der Waals surface area (Å²) in [6.07, 6.45) is 0. The molecule has 0 saturated heterocycles. The van der Waals surface area contributed by atoms with Crippen LogP contribution in [0.25, 0.3) is 22.1 Å². The predicted octanol–water partition coefficient (Wildman–Crippen LogP) is 4.43. The van der Waals surface area contributed by atoms with Crippen molar-refractivity contribution in [3.05, 3.63) is 82.2 Å². The van der Waals surface area contributed by atoms with Crippen LogP contribution in [0.1, 0.15) is 15.9 Å². The number of nitrogens with one attached hydrogen (secondary N) is 2. The molecule has 0 saturated carbocycles. The Labute approximate surface area is 240 Å². The fourth-order valence-corrected chi connectivity index (χ4v) is 3.74. The van der Waals surface area contributed by atoms with E-state index in [1.165, 1.54) is 0 Å². The summed E-state index contributed by atoms with van der Waals surface area (Å²) < 4.78 is 21.9. The Kier molecular flexibility index (Phi) is 9.86. The molecule has 4 aromatic rings. The number of carbonyl (C=O) groups excluding carboxylic acids is 1. The molecule has 0 fully saturated rings. The summed E-state index contributed by atoms with van der Waals surface area (Å²) in [6.45, 7) is 3.01. The number of ether oxygens (including phenoxy) is 3. The van der Waals surface area contributed by atoms with Crippen LogP contribution < -0.4 is 30.5 Å². The van der Waals surface area contributed by atoms with Gasteiger partial charge in [0.15, 0.2) is 0 Å². The Hall–Kier alpha value is -3.20. The van der Waals surface area contributed by atoms with Gasteiger partial charge in [0, 0.05) is 61.7 Å². The molecule has 189 valence electrons. The van der Waals surface area contributed by atoms with Gasteiger partial charge in [-0.15, -0.1) is 5.56 Å². The minimum atomic E-state index is -0.682. The first-order valence-electron chi connectivity index (χ1n) is 11.4. The SMILES string of the molecule is CNCCOc1[c-]c2oc(=O)c(NC(=O)c3ccc(OC)c(-c4cccc(OC)c4)c3)cc2cc1C.[Y]. The maximum absolute atomic E-state index is 13.1. The Balaban J connectivity index is 0.00000380. The molecule has 0 aliphatic heterocycles. The Bertz CT molecular complexity index is 1470. The van der Waals surface area contributed by atoms with Gasteiger partial charge in [-0.25, -0.2) is 4.79 Å². The van der Waals surface area contributed by atoms with Crippen LogP contribution in [-0.2, 0) is 32.7 Å². The molecule has 8 nitrogen and oxygen atoms in total. The van der Waals surface area contributed by atoms with Gasteiger partial charge in [-0.1, -0.05) is 36.6 Å². The molecule has 2 N–H and O–H groups in total. The number of aryl methyl sites for hydroxylation is 1. The number of likely N-dealkylation sites (N-methyl/N-ethyl adjacent to an activating group) is 1. The average Bonchev–Trinajstić information content (AvgIpc) is 2.89. The average molecular weight is 576 g/mol. The quantitative estimate of drug-likeness (QED) is 0.173. The van der Waals surface area contributed by atoms with E-state index in [0.717, 1.165) is 11.1 Å². The molecule has 0 bridgehead atoms. The van der Waals surface area contributed by atoms with E-state index in [9.17, 15) is 9.59 Å². The molecule has 3 aromatic carbocycles. The monoisotopic (exact) mass is 576 g/mol. The zero-order valence-corrected chi connectivity index (χ0v) is 24.0. The molecule has 1 amide bonds. The summed E-state index contributed by atoms with van der Waals surface area (Å²) >= 11 is 0. The summed E-state index contributed by atoms with van der Waals surface area (Å²) in [4.78, 5) is 25.7. The van der Waals surface area contributed by atoms with Crippen LogP contribution in [0.4, 0.5) is 5.69 Å². The van der Waals surface area contributed by atoms with E-state index in [2.05, 4.69) is 16.7 Å². The van der Waals surface area contributed by atoms with Gasteiger partial charge >= 0.3 is 5.63 Å². The fraction of sp³-hybridized carbons (Fsp3) is 0.214. The van der Waals surface area contributed by atoms with Gasteiger partial charge in [0.2, 0.25) is 0 Å². The molecule has 37 heavy (non-hydrogen) atoms. The Morgan fingerprint density at radius 3 is 2.59 bits per heavy atom. The standard InChI is InChI=1S/C28H27N2O6.Y/c1-17-12-20-15-23(28(32)36-26(20)16-25(17)35-11-10-29-2)30-27(31)19-8-9-24(34-4)22(14-19)18-6-5-7-21(13-18)33-3;/h5-9,12-15,29H,10-11H2,1-4H3,(H,30,31);/q-1;. The molecule has 0 aliphatic carbocycles. The van der Waals surface area contributed by atoms with Crippen molar-refractivity contribution < 1.29 is 56.1 Å². The summed E-state index contributed by atoms with van der Waals surface area (Å²) in [5.74, 6) is 1.34. The molecule has 9 heteroatoms. The van der Waals surface area contributed by atoms with Gasteiger partial charge < -0.3 is 29.3 Å². The molecular weight excluding hydrogens is 549 g/mol. The molecule has 1 heterocycles. The summed E-state index contributed by atoms with van der Waals surface area (Å²) in [5, 5.41) is 6.29. The second kappa shape index (κ2) is 12.9. The van der Waals surface area contributed by atoms with Crippen LogP contribution in [0.3, 0.4) is 0 Å². The van der Waals surface area contributed by atoms with Gasteiger partial charge in [-0.2, -0.15) is 6.07 Å². The second-order valence-electron chi connectivity index (χ2n) is 8.07. The van der Waals surface area contributed by atoms with Crippen LogP contribution in [0.15, 0.2) is 63.8 Å². The third kappa shape index (κ3) is 6.58. The zero-order valence-electron chi connectivity index (χ0n) is 21.1. The first kappa shape index (κ1) is 28.4. The molecule has 0 unspecified atom stereocenters.